The first-order valence-electron chi connectivity index (χ1n) is 9.44. The van der Waals surface area contributed by atoms with Crippen LogP contribution < -0.4 is 5.32 Å². The van der Waals surface area contributed by atoms with Gasteiger partial charge in [-0.1, -0.05) is 56.3 Å². The van der Waals surface area contributed by atoms with Crippen LogP contribution in [-0.4, -0.2) is 16.4 Å². The summed E-state index contributed by atoms with van der Waals surface area (Å²) in [4.78, 5) is 16.9. The van der Waals surface area contributed by atoms with Gasteiger partial charge >= 0.3 is 0 Å². The van der Waals surface area contributed by atoms with Crippen molar-refractivity contribution in [3.63, 3.8) is 0 Å². The molecule has 1 N–H and O–H groups in total. The number of carbonyl (C=O) groups excluding carboxylic acids is 1. The van der Waals surface area contributed by atoms with Crippen LogP contribution in [0, 0.1) is 11.7 Å². The summed E-state index contributed by atoms with van der Waals surface area (Å²) in [6, 6.07) is 13.3. The second-order valence-electron chi connectivity index (χ2n) is 7.86. The standard InChI is InChI=1S/C23H23F3N2O/c1-15(2)13-22(3,23(25,26)18-9-5-4-6-10-18)28-21(29)17-12-16-8-7-11-19(24)20(16)27-14-17/h4-12,14-15H,13H2,1-3H3,(H,28,29). The highest BCUT2D eigenvalue weighted by Crippen LogP contribution is 2.42. The van der Waals surface area contributed by atoms with Crippen molar-refractivity contribution >= 4 is 16.8 Å². The van der Waals surface area contributed by atoms with E-state index in [0.717, 1.165) is 0 Å². The fraction of sp³-hybridized carbons (Fsp3) is 0.304. The summed E-state index contributed by atoms with van der Waals surface area (Å²) in [6.45, 7) is 5.00. The minimum Gasteiger partial charge on any atom is -0.340 e. The fourth-order valence-corrected chi connectivity index (χ4v) is 3.61. The molecule has 0 radical (unpaired) electrons. The number of hydrogen-bond donors (Lipinski definition) is 1. The van der Waals surface area contributed by atoms with Gasteiger partial charge in [-0.25, -0.2) is 4.39 Å². The van der Waals surface area contributed by atoms with E-state index < -0.39 is 23.2 Å². The molecule has 1 aromatic heterocycles. The van der Waals surface area contributed by atoms with Crippen LogP contribution in [0.3, 0.4) is 0 Å². The van der Waals surface area contributed by atoms with Gasteiger partial charge in [-0.3, -0.25) is 9.78 Å². The number of aromatic nitrogens is 1. The monoisotopic (exact) mass is 400 g/mol. The van der Waals surface area contributed by atoms with E-state index in [4.69, 9.17) is 0 Å². The van der Waals surface area contributed by atoms with Gasteiger partial charge < -0.3 is 5.32 Å². The third-order valence-electron chi connectivity index (χ3n) is 4.96. The summed E-state index contributed by atoms with van der Waals surface area (Å²) >= 11 is 0. The lowest BCUT2D eigenvalue weighted by Gasteiger charge is -2.39. The third-order valence-corrected chi connectivity index (χ3v) is 4.96. The van der Waals surface area contributed by atoms with Crippen molar-refractivity contribution in [1.82, 2.24) is 10.3 Å². The Balaban J connectivity index is 1.97. The summed E-state index contributed by atoms with van der Waals surface area (Å²) in [5.41, 5.74) is -1.76. The molecule has 1 unspecified atom stereocenters. The van der Waals surface area contributed by atoms with Crippen LogP contribution in [-0.2, 0) is 5.92 Å². The average Bonchev–Trinajstić information content (AvgIpc) is 2.67. The number of carbonyl (C=O) groups is 1. The number of hydrogen-bond acceptors (Lipinski definition) is 2. The molecular weight excluding hydrogens is 377 g/mol. The molecule has 2 aromatic carbocycles. The minimum atomic E-state index is -3.30. The molecule has 6 heteroatoms. The first-order chi connectivity index (χ1) is 13.6. The number of nitrogens with zero attached hydrogens (tertiary/aromatic N) is 1. The molecule has 0 saturated carbocycles. The number of nitrogens with one attached hydrogen (secondary N) is 1. The Kier molecular flexibility index (Phi) is 5.64. The molecule has 0 aliphatic carbocycles. The Hall–Kier alpha value is -2.89. The van der Waals surface area contributed by atoms with Crippen LogP contribution in [0.1, 0.15) is 43.1 Å². The van der Waals surface area contributed by atoms with Crippen LogP contribution in [0.2, 0.25) is 0 Å². The van der Waals surface area contributed by atoms with Gasteiger partial charge in [0.25, 0.3) is 11.8 Å². The van der Waals surface area contributed by atoms with Gasteiger partial charge in [0.1, 0.15) is 16.9 Å². The largest absolute Gasteiger partial charge is 0.340 e. The first-order valence-corrected chi connectivity index (χ1v) is 9.44. The van der Waals surface area contributed by atoms with Gasteiger partial charge in [0, 0.05) is 17.1 Å². The van der Waals surface area contributed by atoms with Crippen LogP contribution in [0.4, 0.5) is 13.2 Å². The van der Waals surface area contributed by atoms with Crippen molar-refractivity contribution in [3.05, 3.63) is 77.7 Å². The van der Waals surface area contributed by atoms with Gasteiger partial charge in [-0.2, -0.15) is 8.78 Å². The molecule has 0 saturated heterocycles. The van der Waals surface area contributed by atoms with E-state index in [9.17, 15) is 9.18 Å². The zero-order valence-corrected chi connectivity index (χ0v) is 16.5. The van der Waals surface area contributed by atoms with E-state index in [1.54, 1.807) is 24.3 Å². The molecule has 3 nitrogen and oxygen atoms in total. The molecule has 152 valence electrons. The van der Waals surface area contributed by atoms with Crippen molar-refractivity contribution in [2.45, 2.75) is 38.7 Å². The normalized spacial score (nSPS) is 14.0. The van der Waals surface area contributed by atoms with E-state index in [-0.39, 0.29) is 29.0 Å². The second kappa shape index (κ2) is 7.85. The molecule has 29 heavy (non-hydrogen) atoms. The molecule has 1 amide bonds. The quantitative estimate of drug-likeness (QED) is 0.577. The fourth-order valence-electron chi connectivity index (χ4n) is 3.61. The number of rotatable bonds is 6. The lowest BCUT2D eigenvalue weighted by Crippen LogP contribution is -2.57. The lowest BCUT2D eigenvalue weighted by atomic mass is 9.81. The van der Waals surface area contributed by atoms with Crippen molar-refractivity contribution < 1.29 is 18.0 Å². The van der Waals surface area contributed by atoms with E-state index in [1.807, 2.05) is 13.8 Å². The number of pyridine rings is 1. The number of amides is 1. The second-order valence-corrected chi connectivity index (χ2v) is 7.86. The van der Waals surface area contributed by atoms with Crippen molar-refractivity contribution in [2.75, 3.05) is 0 Å². The van der Waals surface area contributed by atoms with Crippen LogP contribution in [0.5, 0.6) is 0 Å². The van der Waals surface area contributed by atoms with Crippen molar-refractivity contribution in [1.29, 1.82) is 0 Å². The van der Waals surface area contributed by atoms with Crippen LogP contribution in [0.15, 0.2) is 60.8 Å². The maximum atomic E-state index is 15.5. The average molecular weight is 400 g/mol. The predicted octanol–water partition coefficient (Wildman–Crippen LogP) is 5.70. The smallest absolute Gasteiger partial charge is 0.295 e. The molecule has 0 aliphatic rings. The zero-order chi connectivity index (χ0) is 21.2. The number of benzene rings is 2. The van der Waals surface area contributed by atoms with Crippen molar-refractivity contribution in [2.24, 2.45) is 5.92 Å². The summed E-state index contributed by atoms with van der Waals surface area (Å²) in [5.74, 6) is -4.57. The highest BCUT2D eigenvalue weighted by Gasteiger charge is 2.52. The van der Waals surface area contributed by atoms with Gasteiger partial charge in [-0.15, -0.1) is 0 Å². The third kappa shape index (κ3) is 4.11. The zero-order valence-electron chi connectivity index (χ0n) is 16.5. The Morgan fingerprint density at radius 2 is 1.79 bits per heavy atom. The highest BCUT2D eigenvalue weighted by molar-refractivity contribution is 5.97. The Labute approximate surface area is 168 Å². The number of halogens is 3. The Morgan fingerprint density at radius 3 is 2.45 bits per heavy atom. The predicted molar refractivity (Wildman–Crippen MR) is 107 cm³/mol. The highest BCUT2D eigenvalue weighted by atomic mass is 19.3. The SMILES string of the molecule is CC(C)CC(C)(NC(=O)c1cnc2c(F)cccc2c1)C(F)(F)c1ccccc1. The van der Waals surface area contributed by atoms with Gasteiger partial charge in [0.05, 0.1) is 5.56 Å². The van der Waals surface area contributed by atoms with E-state index >= 15 is 8.78 Å². The van der Waals surface area contributed by atoms with Gasteiger partial charge in [0.2, 0.25) is 0 Å². The van der Waals surface area contributed by atoms with E-state index in [1.165, 1.54) is 43.5 Å². The molecule has 3 aromatic rings. The van der Waals surface area contributed by atoms with Gasteiger partial charge in [0.15, 0.2) is 0 Å². The lowest BCUT2D eigenvalue weighted by molar-refractivity contribution is -0.0941. The number of alkyl halides is 2. The van der Waals surface area contributed by atoms with E-state index in [0.29, 0.717) is 5.39 Å². The summed E-state index contributed by atoms with van der Waals surface area (Å²) in [5, 5.41) is 2.97. The molecule has 1 atom stereocenters. The molecule has 1 heterocycles. The van der Waals surface area contributed by atoms with Crippen LogP contribution >= 0.6 is 0 Å². The number of fused-ring (bicyclic) bond motifs is 1. The van der Waals surface area contributed by atoms with Crippen LogP contribution in [0.25, 0.3) is 10.9 Å². The molecule has 0 fully saturated rings. The van der Waals surface area contributed by atoms with Gasteiger partial charge in [-0.05, 0) is 31.4 Å². The topological polar surface area (TPSA) is 42.0 Å². The molecule has 0 aliphatic heterocycles. The summed E-state index contributed by atoms with van der Waals surface area (Å²) in [6.07, 6.45) is 1.27. The Morgan fingerprint density at radius 1 is 1.10 bits per heavy atom. The maximum absolute atomic E-state index is 15.5. The number of para-hydroxylation sites is 1. The molecular formula is C23H23F3N2O. The maximum Gasteiger partial charge on any atom is 0.295 e. The summed E-state index contributed by atoms with van der Waals surface area (Å²) < 4.78 is 44.7. The Bertz CT molecular complexity index is 1020. The molecule has 0 spiro atoms. The first kappa shape index (κ1) is 20.8. The molecule has 0 bridgehead atoms. The molecule has 3 rings (SSSR count). The van der Waals surface area contributed by atoms with E-state index in [2.05, 4.69) is 10.3 Å². The summed E-state index contributed by atoms with van der Waals surface area (Å²) in [7, 11) is 0. The van der Waals surface area contributed by atoms with Crippen molar-refractivity contribution in [3.8, 4) is 0 Å². The minimum absolute atomic E-state index is 0.0657.